The van der Waals surface area contributed by atoms with Gasteiger partial charge in [-0.05, 0) is 48.5 Å². The molecule has 0 N–H and O–H groups in total. The van der Waals surface area contributed by atoms with Crippen molar-refractivity contribution in [3.05, 3.63) is 88.1 Å². The predicted octanol–water partition coefficient (Wildman–Crippen LogP) is 4.42. The highest BCUT2D eigenvalue weighted by atomic mass is 32.1. The minimum Gasteiger partial charge on any atom is -0.465 e. The molecular weight excluding hydrogens is 376 g/mol. The van der Waals surface area contributed by atoms with E-state index in [2.05, 4.69) is 4.74 Å². The third-order valence-electron chi connectivity index (χ3n) is 4.28. The molecule has 0 saturated carbocycles. The summed E-state index contributed by atoms with van der Waals surface area (Å²) in [6.07, 6.45) is 0. The van der Waals surface area contributed by atoms with Crippen LogP contribution in [0.25, 0.3) is 20.2 Å². The molecule has 0 unspecified atom stereocenters. The number of carbonyl (C=O) groups is 2. The minimum absolute atomic E-state index is 0.102. The molecule has 0 saturated heterocycles. The Bertz CT molecular complexity index is 1290. The van der Waals surface area contributed by atoms with Crippen molar-refractivity contribution >= 4 is 43.4 Å². The van der Waals surface area contributed by atoms with Crippen molar-refractivity contribution in [3.63, 3.8) is 0 Å². The first kappa shape index (κ1) is 17.9. The summed E-state index contributed by atoms with van der Waals surface area (Å²) < 4.78 is 11.8. The third kappa shape index (κ3) is 3.25. The molecule has 3 aromatic carbocycles. The highest BCUT2D eigenvalue weighted by molar-refractivity contribution is 7.24. The van der Waals surface area contributed by atoms with Gasteiger partial charge in [-0.1, -0.05) is 18.2 Å². The van der Waals surface area contributed by atoms with Crippen molar-refractivity contribution < 1.29 is 19.1 Å². The van der Waals surface area contributed by atoms with Gasteiger partial charge in [0.05, 0.1) is 18.2 Å². The summed E-state index contributed by atoms with van der Waals surface area (Å²) in [5, 5.41) is 1.13. The molecule has 0 radical (unpaired) electrons. The van der Waals surface area contributed by atoms with Crippen molar-refractivity contribution in [1.29, 1.82) is 0 Å². The second kappa shape index (κ2) is 7.25. The van der Waals surface area contributed by atoms with Gasteiger partial charge in [0.25, 0.3) is 0 Å². The Labute approximate surface area is 163 Å². The fraction of sp³-hybridized carbons (Fsp3) is 0.0455. The summed E-state index contributed by atoms with van der Waals surface area (Å²) in [6, 6.07) is 18.5. The Hall–Kier alpha value is -3.51. The van der Waals surface area contributed by atoms with Crippen LogP contribution in [0.3, 0.4) is 0 Å². The zero-order chi connectivity index (χ0) is 19.7. The van der Waals surface area contributed by atoms with Crippen molar-refractivity contribution in [2.24, 2.45) is 0 Å². The number of esters is 2. The molecule has 4 aromatic rings. The van der Waals surface area contributed by atoms with Gasteiger partial charge in [-0.2, -0.15) is 0 Å². The van der Waals surface area contributed by atoms with E-state index >= 15 is 0 Å². The van der Waals surface area contributed by atoms with E-state index in [4.69, 9.17) is 4.74 Å². The number of benzene rings is 3. The molecule has 0 spiro atoms. The predicted molar refractivity (Wildman–Crippen MR) is 108 cm³/mol. The zero-order valence-corrected chi connectivity index (χ0v) is 15.6. The summed E-state index contributed by atoms with van der Waals surface area (Å²) in [6.45, 7) is 0. The summed E-state index contributed by atoms with van der Waals surface area (Å²) in [5.41, 5.74) is 0.368. The summed E-state index contributed by atoms with van der Waals surface area (Å²) in [7, 11) is 1.27. The molecule has 138 valence electrons. The molecule has 5 nitrogen and oxygen atoms in total. The molecule has 6 heteroatoms. The van der Waals surface area contributed by atoms with Crippen LogP contribution in [0.1, 0.15) is 20.7 Å². The zero-order valence-electron chi connectivity index (χ0n) is 14.8. The summed E-state index contributed by atoms with van der Waals surface area (Å²) in [5.74, 6) is -0.896. The van der Waals surface area contributed by atoms with E-state index in [1.807, 2.05) is 18.2 Å². The van der Waals surface area contributed by atoms with Crippen LogP contribution >= 0.6 is 11.3 Å². The number of fused-ring (bicyclic) bond motifs is 2. The lowest BCUT2D eigenvalue weighted by atomic mass is 10.1. The molecule has 0 aliphatic heterocycles. The second-order valence-electron chi connectivity index (χ2n) is 6.05. The fourth-order valence-corrected chi connectivity index (χ4v) is 3.95. The Kier molecular flexibility index (Phi) is 4.63. The monoisotopic (exact) mass is 390 g/mol. The first-order valence-corrected chi connectivity index (χ1v) is 9.24. The molecule has 0 bridgehead atoms. The van der Waals surface area contributed by atoms with E-state index in [1.54, 1.807) is 42.5 Å². The van der Waals surface area contributed by atoms with Gasteiger partial charge in [0.1, 0.15) is 5.75 Å². The van der Waals surface area contributed by atoms with Crippen molar-refractivity contribution in [3.8, 4) is 5.75 Å². The van der Waals surface area contributed by atoms with Crippen LogP contribution in [-0.2, 0) is 4.74 Å². The van der Waals surface area contributed by atoms with E-state index in [1.165, 1.54) is 24.5 Å². The van der Waals surface area contributed by atoms with Crippen LogP contribution in [0.5, 0.6) is 5.75 Å². The second-order valence-corrected chi connectivity index (χ2v) is 7.13. The first-order valence-electron chi connectivity index (χ1n) is 8.43. The number of methoxy groups -OCH3 is 1. The Morgan fingerprint density at radius 2 is 1.50 bits per heavy atom. The maximum atomic E-state index is 12.8. The van der Waals surface area contributed by atoms with Crippen LogP contribution in [0.2, 0.25) is 0 Å². The Morgan fingerprint density at radius 1 is 0.786 bits per heavy atom. The molecular formula is C22H14O5S. The van der Waals surface area contributed by atoms with E-state index in [-0.39, 0.29) is 22.3 Å². The van der Waals surface area contributed by atoms with Gasteiger partial charge >= 0.3 is 11.9 Å². The average molecular weight is 390 g/mol. The lowest BCUT2D eigenvalue weighted by Gasteiger charge is -2.07. The van der Waals surface area contributed by atoms with Gasteiger partial charge in [-0.15, -0.1) is 11.3 Å². The van der Waals surface area contributed by atoms with Crippen LogP contribution in [0.4, 0.5) is 0 Å². The standard InChI is InChI=1S/C22H14O5S/c1-26-21(24)13-5-4-6-14(11-13)22(25)27-15-9-10-19-17(12-15)20(23)16-7-2-3-8-18(16)28-19/h2-12H,1H3. The van der Waals surface area contributed by atoms with E-state index in [9.17, 15) is 14.4 Å². The lowest BCUT2D eigenvalue weighted by molar-refractivity contribution is 0.0600. The van der Waals surface area contributed by atoms with Crippen molar-refractivity contribution in [1.82, 2.24) is 0 Å². The molecule has 0 amide bonds. The molecule has 0 fully saturated rings. The number of hydrogen-bond acceptors (Lipinski definition) is 6. The van der Waals surface area contributed by atoms with Crippen LogP contribution in [0, 0.1) is 0 Å². The highest BCUT2D eigenvalue weighted by Gasteiger charge is 2.14. The third-order valence-corrected chi connectivity index (χ3v) is 5.43. The normalized spacial score (nSPS) is 10.8. The molecule has 4 rings (SSSR count). The largest absolute Gasteiger partial charge is 0.465 e. The molecule has 1 aromatic heterocycles. The van der Waals surface area contributed by atoms with Gasteiger partial charge < -0.3 is 9.47 Å². The van der Waals surface area contributed by atoms with E-state index < -0.39 is 11.9 Å². The Morgan fingerprint density at radius 3 is 2.29 bits per heavy atom. The van der Waals surface area contributed by atoms with Gasteiger partial charge in [-0.3, -0.25) is 4.79 Å². The molecule has 0 aliphatic carbocycles. The number of hydrogen-bond donors (Lipinski definition) is 0. The summed E-state index contributed by atoms with van der Waals surface area (Å²) >= 11 is 1.51. The van der Waals surface area contributed by atoms with Crippen LogP contribution in [0.15, 0.2) is 71.5 Å². The van der Waals surface area contributed by atoms with Gasteiger partial charge in [0.15, 0.2) is 5.43 Å². The highest BCUT2D eigenvalue weighted by Crippen LogP contribution is 2.27. The molecule has 28 heavy (non-hydrogen) atoms. The minimum atomic E-state index is -0.623. The average Bonchev–Trinajstić information content (AvgIpc) is 2.74. The number of rotatable bonds is 3. The first-order chi connectivity index (χ1) is 13.6. The molecule has 0 aliphatic rings. The maximum Gasteiger partial charge on any atom is 0.343 e. The summed E-state index contributed by atoms with van der Waals surface area (Å²) in [4.78, 5) is 36.9. The van der Waals surface area contributed by atoms with Crippen molar-refractivity contribution in [2.75, 3.05) is 7.11 Å². The maximum absolute atomic E-state index is 12.8. The van der Waals surface area contributed by atoms with E-state index in [0.29, 0.717) is 10.8 Å². The van der Waals surface area contributed by atoms with Gasteiger partial charge in [-0.25, -0.2) is 9.59 Å². The number of carbonyl (C=O) groups excluding carboxylic acids is 2. The smallest absolute Gasteiger partial charge is 0.343 e. The van der Waals surface area contributed by atoms with Crippen molar-refractivity contribution in [2.45, 2.75) is 0 Å². The number of ether oxygens (including phenoxy) is 2. The SMILES string of the molecule is COC(=O)c1cccc(C(=O)Oc2ccc3sc4ccccc4c(=O)c3c2)c1. The van der Waals surface area contributed by atoms with Crippen LogP contribution < -0.4 is 10.2 Å². The fourth-order valence-electron chi connectivity index (χ4n) is 2.90. The van der Waals surface area contributed by atoms with Crippen LogP contribution in [-0.4, -0.2) is 19.0 Å². The van der Waals surface area contributed by atoms with Gasteiger partial charge in [0.2, 0.25) is 0 Å². The molecule has 1 heterocycles. The topological polar surface area (TPSA) is 69.7 Å². The Balaban J connectivity index is 1.69. The van der Waals surface area contributed by atoms with Gasteiger partial charge in [0, 0.05) is 20.2 Å². The lowest BCUT2D eigenvalue weighted by Crippen LogP contribution is -2.11. The molecule has 0 atom stereocenters. The van der Waals surface area contributed by atoms with E-state index in [0.717, 1.165) is 9.40 Å². The quantitative estimate of drug-likeness (QED) is 0.294.